The SMILES string of the molecule is CCc1nccn1-c1nc2ccccn2c1CBr. The van der Waals surface area contributed by atoms with E-state index >= 15 is 0 Å². The van der Waals surface area contributed by atoms with E-state index in [9.17, 15) is 0 Å². The van der Waals surface area contributed by atoms with Gasteiger partial charge in [0.2, 0.25) is 0 Å². The number of nitrogens with zero attached hydrogens (tertiary/aromatic N) is 4. The molecule has 4 nitrogen and oxygen atoms in total. The molecule has 0 saturated heterocycles. The van der Waals surface area contributed by atoms with Crippen molar-refractivity contribution >= 4 is 21.6 Å². The van der Waals surface area contributed by atoms with Crippen molar-refractivity contribution < 1.29 is 0 Å². The van der Waals surface area contributed by atoms with Crippen LogP contribution in [0.15, 0.2) is 36.8 Å². The normalized spacial score (nSPS) is 11.2. The summed E-state index contributed by atoms with van der Waals surface area (Å²) in [6.45, 7) is 2.10. The first-order valence-corrected chi connectivity index (χ1v) is 7.01. The fourth-order valence-corrected chi connectivity index (χ4v) is 2.66. The number of fused-ring (bicyclic) bond motifs is 1. The van der Waals surface area contributed by atoms with Gasteiger partial charge in [-0.1, -0.05) is 28.9 Å². The number of hydrogen-bond acceptors (Lipinski definition) is 2. The maximum Gasteiger partial charge on any atom is 0.161 e. The average molecular weight is 305 g/mol. The van der Waals surface area contributed by atoms with Crippen molar-refractivity contribution in [2.45, 2.75) is 18.7 Å². The van der Waals surface area contributed by atoms with Crippen LogP contribution in [0.3, 0.4) is 0 Å². The first kappa shape index (κ1) is 11.5. The zero-order chi connectivity index (χ0) is 12.5. The minimum absolute atomic E-state index is 0.759. The molecular weight excluding hydrogens is 292 g/mol. The molecule has 0 radical (unpaired) electrons. The van der Waals surface area contributed by atoms with Crippen LogP contribution in [0, 0.1) is 0 Å². The summed E-state index contributed by atoms with van der Waals surface area (Å²) in [6, 6.07) is 6.02. The largest absolute Gasteiger partial charge is 0.301 e. The van der Waals surface area contributed by atoms with E-state index in [2.05, 4.69) is 36.8 Å². The molecule has 18 heavy (non-hydrogen) atoms. The summed E-state index contributed by atoms with van der Waals surface area (Å²) < 4.78 is 4.16. The number of rotatable bonds is 3. The van der Waals surface area contributed by atoms with Gasteiger partial charge in [0.05, 0.1) is 5.69 Å². The number of aryl methyl sites for hydroxylation is 1. The molecule has 0 aromatic carbocycles. The van der Waals surface area contributed by atoms with Crippen LogP contribution in [-0.4, -0.2) is 18.9 Å². The number of halogens is 1. The quantitative estimate of drug-likeness (QED) is 0.697. The maximum atomic E-state index is 4.69. The van der Waals surface area contributed by atoms with Gasteiger partial charge in [0.25, 0.3) is 0 Å². The van der Waals surface area contributed by atoms with Gasteiger partial charge in [-0.05, 0) is 12.1 Å². The van der Waals surface area contributed by atoms with Gasteiger partial charge in [-0.3, -0.25) is 4.57 Å². The molecule has 3 aromatic rings. The van der Waals surface area contributed by atoms with Gasteiger partial charge in [0.1, 0.15) is 11.5 Å². The first-order chi connectivity index (χ1) is 8.85. The Balaban J connectivity index is 2.29. The van der Waals surface area contributed by atoms with Crippen LogP contribution in [0.1, 0.15) is 18.4 Å². The van der Waals surface area contributed by atoms with Crippen LogP contribution >= 0.6 is 15.9 Å². The molecule has 0 amide bonds. The molecule has 0 saturated carbocycles. The molecule has 92 valence electrons. The molecule has 3 aromatic heterocycles. The lowest BCUT2D eigenvalue weighted by atomic mass is 10.4. The van der Waals surface area contributed by atoms with Crippen molar-refractivity contribution in [1.29, 1.82) is 0 Å². The van der Waals surface area contributed by atoms with Crippen molar-refractivity contribution in [3.05, 3.63) is 48.3 Å². The predicted octanol–water partition coefficient (Wildman–Crippen LogP) is 2.98. The molecule has 0 atom stereocenters. The number of hydrogen-bond donors (Lipinski definition) is 0. The van der Waals surface area contributed by atoms with Gasteiger partial charge in [-0.2, -0.15) is 0 Å². The molecule has 0 aliphatic carbocycles. The van der Waals surface area contributed by atoms with E-state index in [1.807, 2.05) is 36.8 Å². The summed E-state index contributed by atoms with van der Waals surface area (Å²) in [5.41, 5.74) is 2.09. The second kappa shape index (κ2) is 4.57. The minimum Gasteiger partial charge on any atom is -0.301 e. The van der Waals surface area contributed by atoms with E-state index < -0.39 is 0 Å². The third-order valence-electron chi connectivity index (χ3n) is 3.00. The van der Waals surface area contributed by atoms with Gasteiger partial charge < -0.3 is 4.40 Å². The molecule has 5 heteroatoms. The highest BCUT2D eigenvalue weighted by Gasteiger charge is 2.14. The van der Waals surface area contributed by atoms with E-state index in [4.69, 9.17) is 4.98 Å². The van der Waals surface area contributed by atoms with E-state index in [0.29, 0.717) is 0 Å². The number of imidazole rings is 2. The van der Waals surface area contributed by atoms with Crippen LogP contribution in [0.4, 0.5) is 0 Å². The van der Waals surface area contributed by atoms with Crippen LogP contribution in [0.5, 0.6) is 0 Å². The Kier molecular flexibility index (Phi) is 2.91. The third kappa shape index (κ3) is 1.66. The molecular formula is C13H13BrN4. The van der Waals surface area contributed by atoms with Crippen molar-refractivity contribution in [3.8, 4) is 5.82 Å². The summed E-state index contributed by atoms with van der Waals surface area (Å²) >= 11 is 3.55. The zero-order valence-electron chi connectivity index (χ0n) is 10.0. The fourth-order valence-electron chi connectivity index (χ4n) is 2.14. The van der Waals surface area contributed by atoms with Gasteiger partial charge >= 0.3 is 0 Å². The summed E-state index contributed by atoms with van der Waals surface area (Å²) in [7, 11) is 0. The Morgan fingerprint density at radius 1 is 1.28 bits per heavy atom. The second-order valence-corrected chi connectivity index (χ2v) is 4.57. The lowest BCUT2D eigenvalue weighted by Crippen LogP contribution is -2.02. The highest BCUT2D eigenvalue weighted by Crippen LogP contribution is 2.20. The van der Waals surface area contributed by atoms with E-state index in [0.717, 1.165) is 34.7 Å². The van der Waals surface area contributed by atoms with E-state index in [-0.39, 0.29) is 0 Å². The smallest absolute Gasteiger partial charge is 0.161 e. The van der Waals surface area contributed by atoms with Crippen molar-refractivity contribution in [1.82, 2.24) is 18.9 Å². The molecule has 0 aliphatic heterocycles. The van der Waals surface area contributed by atoms with Crippen LogP contribution < -0.4 is 0 Å². The Morgan fingerprint density at radius 2 is 2.17 bits per heavy atom. The second-order valence-electron chi connectivity index (χ2n) is 4.01. The molecule has 0 bridgehead atoms. The molecule has 3 heterocycles. The Hall–Kier alpha value is -1.62. The van der Waals surface area contributed by atoms with Crippen LogP contribution in [0.25, 0.3) is 11.5 Å². The summed E-state index contributed by atoms with van der Waals surface area (Å²) in [5.74, 6) is 1.98. The summed E-state index contributed by atoms with van der Waals surface area (Å²) in [6.07, 6.45) is 6.71. The number of aromatic nitrogens is 4. The monoisotopic (exact) mass is 304 g/mol. The van der Waals surface area contributed by atoms with Gasteiger partial charge in [-0.15, -0.1) is 0 Å². The van der Waals surface area contributed by atoms with Crippen molar-refractivity contribution in [2.24, 2.45) is 0 Å². The molecule has 0 fully saturated rings. The number of pyridine rings is 1. The van der Waals surface area contributed by atoms with Crippen molar-refractivity contribution in [2.75, 3.05) is 0 Å². The molecule has 0 unspecified atom stereocenters. The highest BCUT2D eigenvalue weighted by molar-refractivity contribution is 9.08. The lowest BCUT2D eigenvalue weighted by Gasteiger charge is -2.05. The van der Waals surface area contributed by atoms with Gasteiger partial charge in [0.15, 0.2) is 5.82 Å². The van der Waals surface area contributed by atoms with Gasteiger partial charge in [0, 0.05) is 30.3 Å². The maximum absolute atomic E-state index is 4.69. The van der Waals surface area contributed by atoms with Crippen LogP contribution in [-0.2, 0) is 11.8 Å². The third-order valence-corrected chi connectivity index (χ3v) is 3.53. The molecule has 0 spiro atoms. The number of alkyl halides is 1. The average Bonchev–Trinajstić information content (AvgIpc) is 3.01. The van der Waals surface area contributed by atoms with Gasteiger partial charge in [-0.25, -0.2) is 9.97 Å². The van der Waals surface area contributed by atoms with E-state index in [1.165, 1.54) is 0 Å². The standard InChI is InChI=1S/C13H13BrN4/c1-2-11-15-6-8-18(11)13-10(9-14)17-7-4-3-5-12(17)16-13/h3-8H,2,9H2,1H3. The topological polar surface area (TPSA) is 35.1 Å². The summed E-state index contributed by atoms with van der Waals surface area (Å²) in [4.78, 5) is 9.05. The Bertz CT molecular complexity index is 683. The fraction of sp³-hybridized carbons (Fsp3) is 0.231. The first-order valence-electron chi connectivity index (χ1n) is 5.89. The highest BCUT2D eigenvalue weighted by atomic mass is 79.9. The van der Waals surface area contributed by atoms with Crippen molar-refractivity contribution in [3.63, 3.8) is 0 Å². The lowest BCUT2D eigenvalue weighted by molar-refractivity contribution is 0.865. The minimum atomic E-state index is 0.759. The Labute approximate surface area is 113 Å². The molecule has 3 rings (SSSR count). The van der Waals surface area contributed by atoms with E-state index in [1.54, 1.807) is 0 Å². The Morgan fingerprint density at radius 3 is 2.94 bits per heavy atom. The summed E-state index contributed by atoms with van der Waals surface area (Å²) in [5, 5.41) is 0.759. The zero-order valence-corrected chi connectivity index (χ0v) is 11.6. The molecule has 0 N–H and O–H groups in total. The predicted molar refractivity (Wildman–Crippen MR) is 74.3 cm³/mol. The van der Waals surface area contributed by atoms with Crippen LogP contribution in [0.2, 0.25) is 0 Å². The molecule has 0 aliphatic rings.